The summed E-state index contributed by atoms with van der Waals surface area (Å²) in [4.78, 5) is 12.3. The minimum absolute atomic E-state index is 0.0318. The van der Waals surface area contributed by atoms with Crippen molar-refractivity contribution >= 4 is 33.2 Å². The third-order valence-electron chi connectivity index (χ3n) is 3.22. The van der Waals surface area contributed by atoms with Crippen molar-refractivity contribution < 1.29 is 26.7 Å². The Bertz CT molecular complexity index is 919. The molecule has 2 aromatic carbocycles. The van der Waals surface area contributed by atoms with Crippen LogP contribution in [-0.4, -0.2) is 27.0 Å². The molecule has 0 atom stereocenters. The van der Waals surface area contributed by atoms with Crippen molar-refractivity contribution in [2.45, 2.75) is 31.4 Å². The Balaban J connectivity index is 2.11. The predicted octanol–water partition coefficient (Wildman–Crippen LogP) is 3.88. The largest absolute Gasteiger partial charge is 0.433 e. The van der Waals surface area contributed by atoms with Crippen molar-refractivity contribution in [1.82, 2.24) is 4.72 Å². The molecule has 0 radical (unpaired) electrons. The average molecular weight is 419 g/mol. The van der Waals surface area contributed by atoms with Gasteiger partial charge in [-0.15, -0.1) is 0 Å². The average Bonchev–Trinajstić information content (AvgIpc) is 2.56. The Kier molecular flexibility index (Phi) is 6.74. The minimum Gasteiger partial charge on any atom is -0.433 e. The molecule has 0 fully saturated rings. The van der Waals surface area contributed by atoms with Crippen LogP contribution in [0.15, 0.2) is 47.4 Å². The van der Waals surface area contributed by atoms with Crippen LogP contribution < -0.4 is 14.8 Å². The first-order valence-electron chi connectivity index (χ1n) is 7.76. The van der Waals surface area contributed by atoms with E-state index >= 15 is 0 Å². The maximum atomic E-state index is 12.3. The van der Waals surface area contributed by atoms with Crippen LogP contribution >= 0.6 is 11.6 Å². The van der Waals surface area contributed by atoms with Crippen molar-refractivity contribution in [3.8, 4) is 5.75 Å². The topological polar surface area (TPSA) is 84.5 Å². The molecule has 2 aromatic rings. The van der Waals surface area contributed by atoms with Gasteiger partial charge in [0.1, 0.15) is 5.75 Å². The maximum Gasteiger partial charge on any atom is 0.387 e. The molecular formula is C17H17ClF2N2O4S. The fourth-order valence-electron chi connectivity index (χ4n) is 2.14. The Hall–Kier alpha value is -2.23. The molecule has 2 N–H and O–H groups in total. The monoisotopic (exact) mass is 418 g/mol. The number of carbonyl (C=O) groups excluding carboxylic acids is 1. The summed E-state index contributed by atoms with van der Waals surface area (Å²) in [5.41, 5.74) is 0.479. The van der Waals surface area contributed by atoms with Gasteiger partial charge in [-0.25, -0.2) is 13.1 Å². The molecule has 0 aliphatic carbocycles. The van der Waals surface area contributed by atoms with Crippen LogP contribution in [0.3, 0.4) is 0 Å². The summed E-state index contributed by atoms with van der Waals surface area (Å²) < 4.78 is 55.2. The number of alkyl halides is 2. The molecule has 0 aliphatic heterocycles. The molecule has 0 bridgehead atoms. The second kappa shape index (κ2) is 8.64. The first kappa shape index (κ1) is 21.1. The Morgan fingerprint density at radius 1 is 1.11 bits per heavy atom. The van der Waals surface area contributed by atoms with Crippen LogP contribution in [0.4, 0.5) is 14.5 Å². The van der Waals surface area contributed by atoms with Gasteiger partial charge in [0.25, 0.3) is 5.91 Å². The van der Waals surface area contributed by atoms with Crippen LogP contribution in [-0.2, 0) is 10.0 Å². The molecule has 0 heterocycles. The highest BCUT2D eigenvalue weighted by molar-refractivity contribution is 7.89. The van der Waals surface area contributed by atoms with Crippen LogP contribution in [0.25, 0.3) is 0 Å². The summed E-state index contributed by atoms with van der Waals surface area (Å²) in [5, 5.41) is 2.45. The summed E-state index contributed by atoms with van der Waals surface area (Å²) in [6.07, 6.45) is 0. The zero-order valence-corrected chi connectivity index (χ0v) is 15.9. The van der Waals surface area contributed by atoms with E-state index in [4.69, 9.17) is 11.6 Å². The van der Waals surface area contributed by atoms with Gasteiger partial charge in [0, 0.05) is 17.3 Å². The summed E-state index contributed by atoms with van der Waals surface area (Å²) in [5.74, 6) is -0.730. The van der Waals surface area contributed by atoms with E-state index in [-0.39, 0.29) is 33.0 Å². The Morgan fingerprint density at radius 3 is 2.26 bits per heavy atom. The first-order chi connectivity index (χ1) is 12.6. The van der Waals surface area contributed by atoms with Gasteiger partial charge in [-0.1, -0.05) is 11.6 Å². The van der Waals surface area contributed by atoms with Gasteiger partial charge in [-0.3, -0.25) is 4.79 Å². The summed E-state index contributed by atoms with van der Waals surface area (Å²) >= 11 is 5.83. The predicted molar refractivity (Wildman–Crippen MR) is 97.9 cm³/mol. The second-order valence-electron chi connectivity index (χ2n) is 5.78. The third kappa shape index (κ3) is 5.88. The van der Waals surface area contributed by atoms with Gasteiger partial charge < -0.3 is 10.1 Å². The molecule has 0 unspecified atom stereocenters. The molecule has 27 heavy (non-hydrogen) atoms. The molecule has 1 amide bonds. The van der Waals surface area contributed by atoms with Crippen LogP contribution in [0.5, 0.6) is 5.75 Å². The lowest BCUT2D eigenvalue weighted by atomic mass is 10.2. The number of rotatable bonds is 7. The smallest absolute Gasteiger partial charge is 0.387 e. The summed E-state index contributed by atoms with van der Waals surface area (Å²) in [7, 11) is -3.66. The molecule has 0 aromatic heterocycles. The number of benzene rings is 2. The van der Waals surface area contributed by atoms with E-state index in [2.05, 4.69) is 14.8 Å². The van der Waals surface area contributed by atoms with Crippen molar-refractivity contribution in [2.24, 2.45) is 0 Å². The maximum absolute atomic E-state index is 12.3. The standard InChI is InChI=1S/C17H17ClF2N2O4S/c1-10(2)22-27(24,25)13-6-3-11(4-7-13)16(23)21-12-5-8-15(14(18)9-12)26-17(19)20/h3-10,17,22H,1-2H3,(H,21,23). The molecule has 0 saturated heterocycles. The number of anilines is 1. The number of hydrogen-bond donors (Lipinski definition) is 2. The number of halogens is 3. The third-order valence-corrected chi connectivity index (χ3v) is 5.19. The lowest BCUT2D eigenvalue weighted by Gasteiger charge is -2.11. The molecule has 0 aliphatic rings. The van der Waals surface area contributed by atoms with Gasteiger partial charge in [-0.2, -0.15) is 8.78 Å². The molecule has 0 spiro atoms. The van der Waals surface area contributed by atoms with Gasteiger partial charge in [-0.05, 0) is 56.3 Å². The number of carbonyl (C=O) groups is 1. The van der Waals surface area contributed by atoms with Crippen LogP contribution in [0, 0.1) is 0 Å². The Morgan fingerprint density at radius 2 is 1.74 bits per heavy atom. The number of ether oxygens (including phenoxy) is 1. The van der Waals surface area contributed by atoms with Gasteiger partial charge in [0.15, 0.2) is 0 Å². The van der Waals surface area contributed by atoms with E-state index < -0.39 is 22.5 Å². The summed E-state index contributed by atoms with van der Waals surface area (Å²) in [6.45, 7) is 0.382. The molecule has 0 saturated carbocycles. The lowest BCUT2D eigenvalue weighted by Crippen LogP contribution is -2.30. The van der Waals surface area contributed by atoms with Crippen molar-refractivity contribution in [3.63, 3.8) is 0 Å². The first-order valence-corrected chi connectivity index (χ1v) is 9.62. The number of amides is 1. The molecular weight excluding hydrogens is 402 g/mol. The van der Waals surface area contributed by atoms with Crippen molar-refractivity contribution in [2.75, 3.05) is 5.32 Å². The van der Waals surface area contributed by atoms with Crippen molar-refractivity contribution in [1.29, 1.82) is 0 Å². The van der Waals surface area contributed by atoms with E-state index in [1.165, 1.54) is 42.5 Å². The van der Waals surface area contributed by atoms with E-state index in [0.717, 1.165) is 0 Å². The summed E-state index contributed by atoms with van der Waals surface area (Å²) in [6, 6.07) is 8.91. The van der Waals surface area contributed by atoms with E-state index in [1.54, 1.807) is 13.8 Å². The number of nitrogens with one attached hydrogen (secondary N) is 2. The lowest BCUT2D eigenvalue weighted by molar-refractivity contribution is -0.0497. The van der Waals surface area contributed by atoms with Gasteiger partial charge in [0.05, 0.1) is 9.92 Å². The molecule has 6 nitrogen and oxygen atoms in total. The van der Waals surface area contributed by atoms with Gasteiger partial charge >= 0.3 is 6.61 Å². The van der Waals surface area contributed by atoms with Gasteiger partial charge in [0.2, 0.25) is 10.0 Å². The quantitative estimate of drug-likeness (QED) is 0.714. The number of hydrogen-bond acceptors (Lipinski definition) is 4. The highest BCUT2D eigenvalue weighted by Crippen LogP contribution is 2.29. The Labute approximate surface area is 160 Å². The van der Waals surface area contributed by atoms with Crippen LogP contribution in [0.1, 0.15) is 24.2 Å². The van der Waals surface area contributed by atoms with Crippen LogP contribution in [0.2, 0.25) is 5.02 Å². The fraction of sp³-hybridized carbons (Fsp3) is 0.235. The normalized spacial score (nSPS) is 11.7. The van der Waals surface area contributed by atoms with E-state index in [9.17, 15) is 22.0 Å². The SMILES string of the molecule is CC(C)NS(=O)(=O)c1ccc(C(=O)Nc2ccc(OC(F)F)c(Cl)c2)cc1. The second-order valence-corrected chi connectivity index (χ2v) is 7.90. The fourth-order valence-corrected chi connectivity index (χ4v) is 3.61. The zero-order valence-electron chi connectivity index (χ0n) is 14.4. The minimum atomic E-state index is -3.66. The highest BCUT2D eigenvalue weighted by Gasteiger charge is 2.16. The molecule has 146 valence electrons. The zero-order chi connectivity index (χ0) is 20.2. The highest BCUT2D eigenvalue weighted by atomic mass is 35.5. The van der Waals surface area contributed by atoms with Crippen molar-refractivity contribution in [3.05, 3.63) is 53.1 Å². The molecule has 10 heteroatoms. The number of sulfonamides is 1. The molecule has 2 rings (SSSR count). The van der Waals surface area contributed by atoms with E-state index in [1.807, 2.05) is 0 Å². The van der Waals surface area contributed by atoms with E-state index in [0.29, 0.717) is 0 Å².